The summed E-state index contributed by atoms with van der Waals surface area (Å²) in [5.74, 6) is -1.53. The second-order valence-electron chi connectivity index (χ2n) is 5.89. The first kappa shape index (κ1) is 18.4. The molecular weight excluding hydrogens is 332 g/mol. The number of carbonyl (C=O) groups is 2. The molecule has 1 atom stereocenters. The third kappa shape index (κ3) is 3.93. The minimum atomic E-state index is -3.65. The van der Waals surface area contributed by atoms with Crippen LogP contribution in [0, 0.1) is 6.92 Å². The lowest BCUT2D eigenvalue weighted by Gasteiger charge is -2.26. The number of benzene rings is 1. The zero-order valence-electron chi connectivity index (χ0n) is 13.8. The molecule has 0 aromatic heterocycles. The van der Waals surface area contributed by atoms with Gasteiger partial charge in [-0.2, -0.15) is 4.31 Å². The van der Waals surface area contributed by atoms with Crippen molar-refractivity contribution < 1.29 is 22.7 Å². The van der Waals surface area contributed by atoms with Crippen molar-refractivity contribution in [3.05, 3.63) is 29.3 Å². The molecule has 0 bridgehead atoms. The lowest BCUT2D eigenvalue weighted by Crippen LogP contribution is -2.35. The summed E-state index contributed by atoms with van der Waals surface area (Å²) in [6, 6.07) is 4.34. The van der Waals surface area contributed by atoms with Crippen molar-refractivity contribution in [2.24, 2.45) is 5.73 Å². The van der Waals surface area contributed by atoms with Gasteiger partial charge >= 0.3 is 5.97 Å². The van der Waals surface area contributed by atoms with Gasteiger partial charge in [0, 0.05) is 13.1 Å². The Bertz CT molecular complexity index is 739. The predicted octanol–water partition coefficient (Wildman–Crippen LogP) is 1.20. The molecule has 0 unspecified atom stereocenters. The van der Waals surface area contributed by atoms with Gasteiger partial charge in [-0.1, -0.05) is 12.5 Å². The molecule has 1 amide bonds. The zero-order chi connectivity index (χ0) is 17.9. The number of amides is 1. The average Bonchev–Trinajstić information content (AvgIpc) is 2.55. The Morgan fingerprint density at radius 1 is 1.21 bits per heavy atom. The maximum absolute atomic E-state index is 12.7. The number of piperidine rings is 1. The highest BCUT2D eigenvalue weighted by Crippen LogP contribution is 2.23. The molecule has 1 saturated heterocycles. The molecule has 1 aromatic carbocycles. The molecule has 7 nitrogen and oxygen atoms in total. The van der Waals surface area contributed by atoms with E-state index in [0.717, 1.165) is 19.3 Å². The van der Waals surface area contributed by atoms with E-state index in [1.54, 1.807) is 13.0 Å². The molecule has 2 rings (SSSR count). The highest BCUT2D eigenvalue weighted by molar-refractivity contribution is 7.89. The molecule has 0 radical (unpaired) electrons. The lowest BCUT2D eigenvalue weighted by atomic mass is 10.1. The fourth-order valence-corrected chi connectivity index (χ4v) is 4.06. The van der Waals surface area contributed by atoms with Crippen LogP contribution in [-0.2, 0) is 19.6 Å². The molecule has 24 heavy (non-hydrogen) atoms. The maximum atomic E-state index is 12.7. The SMILES string of the molecule is Cc1ccc(S(=O)(=O)N2CCCCC2)cc1C(=O)O[C@@H](C)C(N)=O. The van der Waals surface area contributed by atoms with Crippen molar-refractivity contribution in [2.75, 3.05) is 13.1 Å². The monoisotopic (exact) mass is 354 g/mol. The summed E-state index contributed by atoms with van der Waals surface area (Å²) in [6.07, 6.45) is 1.59. The van der Waals surface area contributed by atoms with Crippen LogP contribution in [0.15, 0.2) is 23.1 Å². The lowest BCUT2D eigenvalue weighted by molar-refractivity contribution is -0.125. The third-order valence-corrected chi connectivity index (χ3v) is 5.96. The van der Waals surface area contributed by atoms with E-state index in [2.05, 4.69) is 0 Å². The fourth-order valence-electron chi connectivity index (χ4n) is 2.52. The molecule has 1 heterocycles. The van der Waals surface area contributed by atoms with Gasteiger partial charge in [-0.3, -0.25) is 4.79 Å². The molecule has 0 spiro atoms. The summed E-state index contributed by atoms with van der Waals surface area (Å²) in [5.41, 5.74) is 5.75. The van der Waals surface area contributed by atoms with Crippen molar-refractivity contribution in [3.8, 4) is 0 Å². The largest absolute Gasteiger partial charge is 0.449 e. The van der Waals surface area contributed by atoms with E-state index in [1.165, 1.54) is 23.4 Å². The van der Waals surface area contributed by atoms with Crippen LogP contribution in [0.25, 0.3) is 0 Å². The van der Waals surface area contributed by atoms with E-state index in [1.807, 2.05) is 0 Å². The third-order valence-electron chi connectivity index (χ3n) is 4.07. The second-order valence-corrected chi connectivity index (χ2v) is 7.83. The Morgan fingerprint density at radius 3 is 2.42 bits per heavy atom. The van der Waals surface area contributed by atoms with Crippen molar-refractivity contribution >= 4 is 21.9 Å². The number of aryl methyl sites for hydroxylation is 1. The quantitative estimate of drug-likeness (QED) is 0.800. The Labute approximate surface area is 141 Å². The van der Waals surface area contributed by atoms with E-state index in [-0.39, 0.29) is 10.5 Å². The molecule has 0 aliphatic carbocycles. The highest BCUT2D eigenvalue weighted by Gasteiger charge is 2.27. The topological polar surface area (TPSA) is 107 Å². The van der Waals surface area contributed by atoms with Gasteiger partial charge < -0.3 is 10.5 Å². The van der Waals surface area contributed by atoms with Crippen LogP contribution in [0.5, 0.6) is 0 Å². The first-order chi connectivity index (χ1) is 11.2. The molecule has 132 valence electrons. The zero-order valence-corrected chi connectivity index (χ0v) is 14.6. The van der Waals surface area contributed by atoms with Gasteiger partial charge in [-0.05, 0) is 44.4 Å². The van der Waals surface area contributed by atoms with Gasteiger partial charge in [0.1, 0.15) is 0 Å². The second kappa shape index (κ2) is 7.31. The number of nitrogens with zero attached hydrogens (tertiary/aromatic N) is 1. The van der Waals surface area contributed by atoms with Gasteiger partial charge in [-0.25, -0.2) is 13.2 Å². The van der Waals surface area contributed by atoms with E-state index in [4.69, 9.17) is 10.5 Å². The Kier molecular flexibility index (Phi) is 5.61. The van der Waals surface area contributed by atoms with Crippen LogP contribution in [0.3, 0.4) is 0 Å². The molecule has 0 saturated carbocycles. The van der Waals surface area contributed by atoms with Crippen LogP contribution in [0.4, 0.5) is 0 Å². The summed E-state index contributed by atoms with van der Waals surface area (Å²) >= 11 is 0. The Hall–Kier alpha value is -1.93. The summed E-state index contributed by atoms with van der Waals surface area (Å²) < 4.78 is 31.8. The number of carbonyl (C=O) groups excluding carboxylic acids is 2. The maximum Gasteiger partial charge on any atom is 0.339 e. The Morgan fingerprint density at radius 2 is 1.83 bits per heavy atom. The fraction of sp³-hybridized carbons (Fsp3) is 0.500. The number of primary amides is 1. The van der Waals surface area contributed by atoms with Crippen LogP contribution in [-0.4, -0.2) is 43.8 Å². The van der Waals surface area contributed by atoms with Crippen LogP contribution < -0.4 is 5.73 Å². The van der Waals surface area contributed by atoms with E-state index in [0.29, 0.717) is 18.7 Å². The van der Waals surface area contributed by atoms with E-state index in [9.17, 15) is 18.0 Å². The summed E-state index contributed by atoms with van der Waals surface area (Å²) in [6.45, 7) is 4.00. The van der Waals surface area contributed by atoms with Crippen LogP contribution in [0.2, 0.25) is 0 Å². The molecular formula is C16H22N2O5S. The number of esters is 1. The smallest absolute Gasteiger partial charge is 0.339 e. The number of rotatable bonds is 5. The van der Waals surface area contributed by atoms with E-state index >= 15 is 0 Å². The van der Waals surface area contributed by atoms with Crippen molar-refractivity contribution in [2.45, 2.75) is 44.1 Å². The average molecular weight is 354 g/mol. The first-order valence-electron chi connectivity index (χ1n) is 7.84. The number of sulfonamides is 1. The molecule has 8 heteroatoms. The number of nitrogens with two attached hydrogens (primary N) is 1. The summed E-state index contributed by atoms with van der Waals surface area (Å²) in [5, 5.41) is 0. The highest BCUT2D eigenvalue weighted by atomic mass is 32.2. The van der Waals surface area contributed by atoms with Crippen molar-refractivity contribution in [3.63, 3.8) is 0 Å². The summed E-state index contributed by atoms with van der Waals surface area (Å²) in [7, 11) is -3.65. The first-order valence-corrected chi connectivity index (χ1v) is 9.28. The number of hydrogen-bond acceptors (Lipinski definition) is 5. The van der Waals surface area contributed by atoms with E-state index < -0.39 is 28.0 Å². The number of hydrogen-bond donors (Lipinski definition) is 1. The van der Waals surface area contributed by atoms with Gasteiger partial charge in [0.25, 0.3) is 5.91 Å². The molecule has 1 fully saturated rings. The van der Waals surface area contributed by atoms with Gasteiger partial charge in [0.2, 0.25) is 10.0 Å². The normalized spacial score (nSPS) is 17.2. The van der Waals surface area contributed by atoms with Crippen molar-refractivity contribution in [1.82, 2.24) is 4.31 Å². The predicted molar refractivity (Wildman–Crippen MR) is 87.9 cm³/mol. The molecule has 1 aromatic rings. The number of ether oxygens (including phenoxy) is 1. The minimum Gasteiger partial charge on any atom is -0.449 e. The molecule has 1 aliphatic heterocycles. The van der Waals surface area contributed by atoms with Crippen LogP contribution >= 0.6 is 0 Å². The standard InChI is InChI=1S/C16H22N2O5S/c1-11-6-7-13(24(21,22)18-8-4-3-5-9-18)10-14(11)16(20)23-12(2)15(17)19/h6-7,10,12H,3-5,8-9H2,1-2H3,(H2,17,19)/t12-/m0/s1. The van der Waals surface area contributed by atoms with Gasteiger partial charge in [-0.15, -0.1) is 0 Å². The minimum absolute atomic E-state index is 0.0497. The van der Waals surface area contributed by atoms with Gasteiger partial charge in [0.15, 0.2) is 6.10 Å². The van der Waals surface area contributed by atoms with Gasteiger partial charge in [0.05, 0.1) is 10.5 Å². The Balaban J connectivity index is 2.31. The van der Waals surface area contributed by atoms with Crippen LogP contribution in [0.1, 0.15) is 42.1 Å². The summed E-state index contributed by atoms with van der Waals surface area (Å²) in [4.78, 5) is 23.3. The molecule has 1 aliphatic rings. The molecule has 2 N–H and O–H groups in total. The van der Waals surface area contributed by atoms with Crippen molar-refractivity contribution in [1.29, 1.82) is 0 Å².